The molecule has 4 nitrogen and oxygen atoms in total. The van der Waals surface area contributed by atoms with Gasteiger partial charge in [0, 0.05) is 15.5 Å². The summed E-state index contributed by atoms with van der Waals surface area (Å²) in [4.78, 5) is 26.1. The molecule has 21 heavy (non-hydrogen) atoms. The fourth-order valence-corrected chi connectivity index (χ4v) is 5.21. The van der Waals surface area contributed by atoms with E-state index in [4.69, 9.17) is 0 Å². The van der Waals surface area contributed by atoms with E-state index in [2.05, 4.69) is 5.32 Å². The second kappa shape index (κ2) is 6.21. The van der Waals surface area contributed by atoms with E-state index >= 15 is 0 Å². The second-order valence-electron chi connectivity index (χ2n) is 4.62. The van der Waals surface area contributed by atoms with E-state index in [-0.39, 0.29) is 5.91 Å². The van der Waals surface area contributed by atoms with Crippen molar-refractivity contribution in [2.24, 2.45) is 0 Å². The molecule has 2 N–H and O–H groups in total. The molecule has 3 heterocycles. The van der Waals surface area contributed by atoms with Gasteiger partial charge in [0.1, 0.15) is 0 Å². The molecule has 0 aromatic carbocycles. The summed E-state index contributed by atoms with van der Waals surface area (Å²) in [6.45, 7) is 0. The standard InChI is InChI=1S/C14H13NO3S3/c16-13(11-6-8-7-19-5-3-9(8)21-11)15-12(14(17)18)10-2-1-4-20-10/h1-2,4,6,12H,3,5,7H2,(H,15,16)(H,17,18). The molecule has 2 aromatic heterocycles. The molecule has 0 radical (unpaired) electrons. The zero-order chi connectivity index (χ0) is 14.8. The van der Waals surface area contributed by atoms with Gasteiger partial charge >= 0.3 is 5.97 Å². The summed E-state index contributed by atoms with van der Waals surface area (Å²) in [6, 6.07) is 4.42. The summed E-state index contributed by atoms with van der Waals surface area (Å²) < 4.78 is 0. The van der Waals surface area contributed by atoms with Gasteiger partial charge in [-0.3, -0.25) is 4.79 Å². The minimum absolute atomic E-state index is 0.305. The smallest absolute Gasteiger partial charge is 0.331 e. The summed E-state index contributed by atoms with van der Waals surface area (Å²) in [6.07, 6.45) is 0.991. The quantitative estimate of drug-likeness (QED) is 0.898. The molecule has 0 fully saturated rings. The minimum atomic E-state index is -1.04. The van der Waals surface area contributed by atoms with E-state index in [1.165, 1.54) is 33.1 Å². The molecule has 0 aliphatic carbocycles. The molecule has 0 bridgehead atoms. The Labute approximate surface area is 134 Å². The molecule has 110 valence electrons. The van der Waals surface area contributed by atoms with Crippen molar-refractivity contribution in [1.82, 2.24) is 5.32 Å². The number of thioether (sulfide) groups is 1. The van der Waals surface area contributed by atoms with Gasteiger partial charge in [0.2, 0.25) is 0 Å². The third kappa shape index (κ3) is 3.14. The first-order valence-corrected chi connectivity index (χ1v) is 9.26. The highest BCUT2D eigenvalue weighted by Gasteiger charge is 2.25. The van der Waals surface area contributed by atoms with Gasteiger partial charge < -0.3 is 10.4 Å². The van der Waals surface area contributed by atoms with E-state index in [1.807, 2.05) is 17.8 Å². The van der Waals surface area contributed by atoms with E-state index in [0.29, 0.717) is 9.75 Å². The van der Waals surface area contributed by atoms with E-state index in [0.717, 1.165) is 17.9 Å². The number of fused-ring (bicyclic) bond motifs is 1. The predicted molar refractivity (Wildman–Crippen MR) is 86.3 cm³/mol. The number of carbonyl (C=O) groups excluding carboxylic acids is 1. The molecule has 3 rings (SSSR count). The van der Waals surface area contributed by atoms with Gasteiger partial charge in [0.05, 0.1) is 4.88 Å². The van der Waals surface area contributed by atoms with Crippen LogP contribution in [0.15, 0.2) is 23.6 Å². The number of hydrogen-bond donors (Lipinski definition) is 2. The molecule has 0 saturated heterocycles. The van der Waals surface area contributed by atoms with Crippen LogP contribution in [0.2, 0.25) is 0 Å². The average Bonchev–Trinajstić information content (AvgIpc) is 3.12. The van der Waals surface area contributed by atoms with Crippen molar-refractivity contribution in [2.75, 3.05) is 5.75 Å². The number of rotatable bonds is 4. The maximum absolute atomic E-state index is 12.3. The van der Waals surface area contributed by atoms with Crippen molar-refractivity contribution in [3.63, 3.8) is 0 Å². The fraction of sp³-hybridized carbons (Fsp3) is 0.286. The van der Waals surface area contributed by atoms with Gasteiger partial charge in [-0.2, -0.15) is 11.8 Å². The molecule has 1 aliphatic heterocycles. The van der Waals surface area contributed by atoms with Crippen LogP contribution in [0.1, 0.15) is 31.0 Å². The highest BCUT2D eigenvalue weighted by Crippen LogP contribution is 2.32. The maximum atomic E-state index is 12.3. The van der Waals surface area contributed by atoms with Crippen molar-refractivity contribution in [3.05, 3.63) is 43.8 Å². The normalized spacial score (nSPS) is 15.2. The number of carbonyl (C=O) groups is 2. The lowest BCUT2D eigenvalue weighted by Crippen LogP contribution is -2.32. The van der Waals surface area contributed by atoms with E-state index in [9.17, 15) is 14.7 Å². The fourth-order valence-electron chi connectivity index (χ4n) is 2.17. The van der Waals surface area contributed by atoms with Crippen molar-refractivity contribution in [3.8, 4) is 0 Å². The second-order valence-corrected chi connectivity index (χ2v) is 7.84. The summed E-state index contributed by atoms with van der Waals surface area (Å²) in [5.41, 5.74) is 1.21. The van der Waals surface area contributed by atoms with Crippen LogP contribution in [0.3, 0.4) is 0 Å². The molecular weight excluding hydrogens is 326 g/mol. The van der Waals surface area contributed by atoms with Crippen LogP contribution in [-0.4, -0.2) is 22.7 Å². The molecule has 1 atom stereocenters. The summed E-state index contributed by atoms with van der Waals surface area (Å²) in [7, 11) is 0. The molecule has 1 aliphatic rings. The Morgan fingerprint density at radius 1 is 1.38 bits per heavy atom. The minimum Gasteiger partial charge on any atom is -0.479 e. The van der Waals surface area contributed by atoms with Crippen molar-refractivity contribution < 1.29 is 14.7 Å². The van der Waals surface area contributed by atoms with Crippen molar-refractivity contribution in [1.29, 1.82) is 0 Å². The first-order chi connectivity index (χ1) is 10.1. The number of thiophene rings is 2. The number of aliphatic carboxylic acids is 1. The number of nitrogens with one attached hydrogen (secondary N) is 1. The third-order valence-electron chi connectivity index (χ3n) is 3.20. The largest absolute Gasteiger partial charge is 0.479 e. The molecule has 0 saturated carbocycles. The first-order valence-electron chi connectivity index (χ1n) is 6.41. The van der Waals surface area contributed by atoms with Crippen LogP contribution in [0.25, 0.3) is 0 Å². The van der Waals surface area contributed by atoms with Gasteiger partial charge in [-0.05, 0) is 35.2 Å². The number of amides is 1. The van der Waals surface area contributed by atoms with Crippen LogP contribution in [0.5, 0.6) is 0 Å². The molecule has 0 spiro atoms. The lowest BCUT2D eigenvalue weighted by molar-refractivity contribution is -0.139. The maximum Gasteiger partial charge on any atom is 0.331 e. The van der Waals surface area contributed by atoms with E-state index in [1.54, 1.807) is 17.5 Å². The summed E-state index contributed by atoms with van der Waals surface area (Å²) in [5.74, 6) is 0.677. The lowest BCUT2D eigenvalue weighted by Gasteiger charge is -2.11. The van der Waals surface area contributed by atoms with Crippen LogP contribution in [0, 0.1) is 0 Å². The van der Waals surface area contributed by atoms with Gasteiger partial charge in [0.25, 0.3) is 5.91 Å². The Morgan fingerprint density at radius 3 is 2.90 bits per heavy atom. The predicted octanol–water partition coefficient (Wildman–Crippen LogP) is 3.15. The first kappa shape index (κ1) is 14.6. The highest BCUT2D eigenvalue weighted by atomic mass is 32.2. The highest BCUT2D eigenvalue weighted by molar-refractivity contribution is 7.98. The third-order valence-corrected chi connectivity index (χ3v) is 6.38. The van der Waals surface area contributed by atoms with Gasteiger partial charge in [-0.1, -0.05) is 6.07 Å². The SMILES string of the molecule is O=C(NC(C(=O)O)c1cccs1)c1cc2c(s1)CCSC2. The number of carboxylic acids is 1. The Balaban J connectivity index is 1.78. The molecular formula is C14H13NO3S3. The summed E-state index contributed by atoms with van der Waals surface area (Å²) >= 11 is 4.67. The molecule has 2 aromatic rings. The zero-order valence-corrected chi connectivity index (χ0v) is 13.4. The van der Waals surface area contributed by atoms with Crippen LogP contribution in [0.4, 0.5) is 0 Å². The number of hydrogen-bond acceptors (Lipinski definition) is 5. The average molecular weight is 339 g/mol. The van der Waals surface area contributed by atoms with Gasteiger partial charge in [0.15, 0.2) is 6.04 Å². The topological polar surface area (TPSA) is 66.4 Å². The van der Waals surface area contributed by atoms with Crippen LogP contribution < -0.4 is 5.32 Å². The monoisotopic (exact) mass is 339 g/mol. The van der Waals surface area contributed by atoms with Crippen molar-refractivity contribution in [2.45, 2.75) is 18.2 Å². The Bertz CT molecular complexity index is 640. The van der Waals surface area contributed by atoms with Crippen LogP contribution >= 0.6 is 34.4 Å². The Morgan fingerprint density at radius 2 is 2.24 bits per heavy atom. The zero-order valence-electron chi connectivity index (χ0n) is 11.0. The number of carboxylic acid groups (broad SMARTS) is 1. The van der Waals surface area contributed by atoms with E-state index < -0.39 is 12.0 Å². The van der Waals surface area contributed by atoms with Gasteiger partial charge in [-0.25, -0.2) is 4.79 Å². The molecule has 1 amide bonds. The Hall–Kier alpha value is -1.31. The van der Waals surface area contributed by atoms with Gasteiger partial charge in [-0.15, -0.1) is 22.7 Å². The molecule has 7 heteroatoms. The van der Waals surface area contributed by atoms with Crippen LogP contribution in [-0.2, 0) is 17.0 Å². The summed E-state index contributed by atoms with van der Waals surface area (Å²) in [5, 5.41) is 13.7. The number of aryl methyl sites for hydroxylation is 1. The Kier molecular flexibility index (Phi) is 4.32. The lowest BCUT2D eigenvalue weighted by atomic mass is 10.2. The van der Waals surface area contributed by atoms with Crippen molar-refractivity contribution >= 4 is 46.3 Å². The molecule has 1 unspecified atom stereocenters.